The van der Waals surface area contributed by atoms with Crippen molar-refractivity contribution in [2.45, 2.75) is 149 Å². The van der Waals surface area contributed by atoms with Gasteiger partial charge in [0, 0.05) is 13.0 Å². The predicted molar refractivity (Wildman–Crippen MR) is 124 cm³/mol. The molecule has 0 radical (unpaired) electrons. The summed E-state index contributed by atoms with van der Waals surface area (Å²) in [4.78, 5) is 12.3. The first-order valence-electron chi connectivity index (χ1n) is 12.6. The van der Waals surface area contributed by atoms with Gasteiger partial charge in [-0.25, -0.2) is 0 Å². The fourth-order valence-corrected chi connectivity index (χ4v) is 3.59. The van der Waals surface area contributed by atoms with Gasteiger partial charge in [-0.15, -0.1) is 0 Å². The van der Waals surface area contributed by atoms with Crippen molar-refractivity contribution in [1.29, 1.82) is 0 Å². The van der Waals surface area contributed by atoms with E-state index in [1.165, 1.54) is 89.9 Å². The van der Waals surface area contributed by atoms with Crippen LogP contribution in [0.5, 0.6) is 0 Å². The van der Waals surface area contributed by atoms with E-state index in [0.717, 1.165) is 12.8 Å². The van der Waals surface area contributed by atoms with Crippen molar-refractivity contribution in [2.24, 2.45) is 5.92 Å². The van der Waals surface area contributed by atoms with Crippen molar-refractivity contribution in [1.82, 2.24) is 0 Å². The zero-order chi connectivity index (χ0) is 21.1. The number of hydrogen-bond acceptors (Lipinski definition) is 2. The van der Waals surface area contributed by atoms with E-state index in [-0.39, 0.29) is 5.78 Å². The number of hydrogen-bond donors (Lipinski definition) is 0. The Hall–Kier alpha value is -0.370. The third kappa shape index (κ3) is 17.7. The van der Waals surface area contributed by atoms with Crippen molar-refractivity contribution in [3.8, 4) is 0 Å². The van der Waals surface area contributed by atoms with E-state index in [0.29, 0.717) is 18.9 Å². The summed E-state index contributed by atoms with van der Waals surface area (Å²) in [7, 11) is 0. The molecule has 0 rings (SSSR count). The molecule has 0 amide bonds. The average Bonchev–Trinajstić information content (AvgIpc) is 2.64. The molecule has 0 spiro atoms. The van der Waals surface area contributed by atoms with Crippen molar-refractivity contribution in [2.75, 3.05) is 6.61 Å². The largest absolute Gasteiger partial charge is 0.368 e. The summed E-state index contributed by atoms with van der Waals surface area (Å²) in [5.41, 5.74) is -0.606. The molecule has 0 N–H and O–H groups in total. The SMILES string of the molecule is CCCCCCCCCCCCCCCCCC(=O)C(C)(C)OCCC(C)C. The highest BCUT2D eigenvalue weighted by atomic mass is 16.5. The molecule has 2 nitrogen and oxygen atoms in total. The van der Waals surface area contributed by atoms with Crippen molar-refractivity contribution in [3.05, 3.63) is 0 Å². The first-order valence-corrected chi connectivity index (χ1v) is 12.6. The maximum atomic E-state index is 12.3. The van der Waals surface area contributed by atoms with Crippen LogP contribution in [-0.4, -0.2) is 18.0 Å². The zero-order valence-electron chi connectivity index (χ0n) is 20.1. The van der Waals surface area contributed by atoms with Gasteiger partial charge >= 0.3 is 0 Å². The summed E-state index contributed by atoms with van der Waals surface area (Å²) in [6.45, 7) is 11.2. The second-order valence-electron chi connectivity index (χ2n) is 9.66. The number of unbranched alkanes of at least 4 members (excludes halogenated alkanes) is 14. The molecule has 0 atom stereocenters. The third-order valence-corrected chi connectivity index (χ3v) is 5.84. The maximum absolute atomic E-state index is 12.3. The molecule has 0 aromatic rings. The first-order chi connectivity index (χ1) is 13.4. The second-order valence-corrected chi connectivity index (χ2v) is 9.66. The lowest BCUT2D eigenvalue weighted by molar-refractivity contribution is -0.140. The molecule has 0 aliphatic carbocycles. The van der Waals surface area contributed by atoms with E-state index >= 15 is 0 Å². The van der Waals surface area contributed by atoms with Gasteiger partial charge in [-0.2, -0.15) is 0 Å². The van der Waals surface area contributed by atoms with Crippen LogP contribution in [0.2, 0.25) is 0 Å². The van der Waals surface area contributed by atoms with Gasteiger partial charge in [0.1, 0.15) is 5.60 Å². The lowest BCUT2D eigenvalue weighted by atomic mass is 9.97. The number of rotatable bonds is 21. The van der Waals surface area contributed by atoms with Crippen LogP contribution in [-0.2, 0) is 9.53 Å². The fourth-order valence-electron chi connectivity index (χ4n) is 3.59. The Morgan fingerprint density at radius 3 is 1.50 bits per heavy atom. The van der Waals surface area contributed by atoms with Gasteiger partial charge in [0.15, 0.2) is 5.78 Å². The number of Topliss-reactive ketones (excluding diaryl/α,β-unsaturated/α-hetero) is 1. The molecule has 0 aromatic heterocycles. The minimum absolute atomic E-state index is 0.269. The van der Waals surface area contributed by atoms with Crippen molar-refractivity contribution < 1.29 is 9.53 Å². The Morgan fingerprint density at radius 2 is 1.11 bits per heavy atom. The Labute approximate surface area is 177 Å². The molecular weight excluding hydrogens is 344 g/mol. The van der Waals surface area contributed by atoms with Crippen LogP contribution >= 0.6 is 0 Å². The van der Waals surface area contributed by atoms with Crippen molar-refractivity contribution >= 4 is 5.78 Å². The number of ether oxygens (including phenoxy) is 1. The highest BCUT2D eigenvalue weighted by molar-refractivity contribution is 5.86. The van der Waals surface area contributed by atoms with Crippen LogP contribution in [0.15, 0.2) is 0 Å². The van der Waals surface area contributed by atoms with Crippen molar-refractivity contribution in [3.63, 3.8) is 0 Å². The molecule has 0 saturated carbocycles. The molecule has 0 aromatic carbocycles. The zero-order valence-corrected chi connectivity index (χ0v) is 20.1. The van der Waals surface area contributed by atoms with Gasteiger partial charge < -0.3 is 4.74 Å². The molecule has 2 heteroatoms. The predicted octanol–water partition coefficient (Wildman–Crippen LogP) is 8.66. The van der Waals surface area contributed by atoms with Crippen LogP contribution < -0.4 is 0 Å². The minimum atomic E-state index is -0.606. The van der Waals surface area contributed by atoms with Gasteiger partial charge in [0.2, 0.25) is 0 Å². The normalized spacial score (nSPS) is 12.1. The lowest BCUT2D eigenvalue weighted by Crippen LogP contribution is -2.35. The molecule has 0 saturated heterocycles. The highest BCUT2D eigenvalue weighted by Crippen LogP contribution is 2.18. The first kappa shape index (κ1) is 27.6. The van der Waals surface area contributed by atoms with Gasteiger partial charge in [-0.3, -0.25) is 4.79 Å². The number of carbonyl (C=O) groups excluding carboxylic acids is 1. The molecule has 0 heterocycles. The number of carbonyl (C=O) groups is 1. The minimum Gasteiger partial charge on any atom is -0.368 e. The summed E-state index contributed by atoms with van der Waals surface area (Å²) in [5.74, 6) is 0.896. The Morgan fingerprint density at radius 1 is 0.714 bits per heavy atom. The molecule has 0 unspecified atom stereocenters. The fraction of sp³-hybridized carbons (Fsp3) is 0.962. The standard InChI is InChI=1S/C26H52O2/c1-6-7-8-9-10-11-12-13-14-15-16-17-18-19-20-21-25(27)26(4,5)28-23-22-24(2)3/h24H,6-23H2,1-5H3. The van der Waals surface area contributed by atoms with Crippen LogP contribution in [0.1, 0.15) is 144 Å². The van der Waals surface area contributed by atoms with E-state index < -0.39 is 5.60 Å². The van der Waals surface area contributed by atoms with Crippen LogP contribution in [0, 0.1) is 5.92 Å². The van der Waals surface area contributed by atoms with E-state index in [2.05, 4.69) is 20.8 Å². The summed E-state index contributed by atoms with van der Waals surface area (Å²) in [6.07, 6.45) is 22.1. The third-order valence-electron chi connectivity index (χ3n) is 5.84. The molecule has 0 fully saturated rings. The molecule has 0 bridgehead atoms. The molecule has 0 aliphatic rings. The van der Waals surface area contributed by atoms with E-state index in [1.807, 2.05) is 13.8 Å². The highest BCUT2D eigenvalue weighted by Gasteiger charge is 2.27. The quantitative estimate of drug-likeness (QED) is 0.181. The topological polar surface area (TPSA) is 26.3 Å². The van der Waals surface area contributed by atoms with Gasteiger partial charge in [0.05, 0.1) is 0 Å². The Balaban J connectivity index is 3.39. The number of ketones is 1. The smallest absolute Gasteiger partial charge is 0.164 e. The lowest BCUT2D eigenvalue weighted by Gasteiger charge is -2.24. The molecular formula is C26H52O2. The summed E-state index contributed by atoms with van der Waals surface area (Å²) in [5, 5.41) is 0. The molecule has 0 aliphatic heterocycles. The molecule has 168 valence electrons. The summed E-state index contributed by atoms with van der Waals surface area (Å²) < 4.78 is 5.83. The van der Waals surface area contributed by atoms with Gasteiger partial charge in [-0.05, 0) is 32.6 Å². The Kier molecular flexibility index (Phi) is 18.4. The maximum Gasteiger partial charge on any atom is 0.164 e. The summed E-state index contributed by atoms with van der Waals surface area (Å²) in [6, 6.07) is 0. The molecule has 28 heavy (non-hydrogen) atoms. The van der Waals surface area contributed by atoms with Crippen LogP contribution in [0.4, 0.5) is 0 Å². The monoisotopic (exact) mass is 396 g/mol. The van der Waals surface area contributed by atoms with E-state index in [1.54, 1.807) is 0 Å². The van der Waals surface area contributed by atoms with Crippen LogP contribution in [0.25, 0.3) is 0 Å². The van der Waals surface area contributed by atoms with E-state index in [4.69, 9.17) is 4.74 Å². The van der Waals surface area contributed by atoms with Gasteiger partial charge in [-0.1, -0.05) is 111 Å². The summed E-state index contributed by atoms with van der Waals surface area (Å²) >= 11 is 0. The Bertz CT molecular complexity index is 346. The van der Waals surface area contributed by atoms with E-state index in [9.17, 15) is 4.79 Å². The van der Waals surface area contributed by atoms with Crippen LogP contribution in [0.3, 0.4) is 0 Å². The second kappa shape index (κ2) is 18.6. The van der Waals surface area contributed by atoms with Gasteiger partial charge in [0.25, 0.3) is 0 Å². The average molecular weight is 397 g/mol.